The van der Waals surface area contributed by atoms with Crippen molar-refractivity contribution >= 4 is 11.8 Å². The van der Waals surface area contributed by atoms with Crippen LogP contribution in [0.2, 0.25) is 0 Å². The van der Waals surface area contributed by atoms with E-state index in [0.717, 1.165) is 22.4 Å². The molecular formula is C24H32N2O3. The van der Waals surface area contributed by atoms with E-state index in [1.54, 1.807) is 18.9 Å². The maximum atomic E-state index is 13.2. The van der Waals surface area contributed by atoms with Gasteiger partial charge in [0.25, 0.3) is 0 Å². The van der Waals surface area contributed by atoms with Gasteiger partial charge in [-0.15, -0.1) is 0 Å². The average molecular weight is 397 g/mol. The molecule has 5 heteroatoms. The first-order valence-electron chi connectivity index (χ1n) is 9.89. The minimum absolute atomic E-state index is 0.0905. The van der Waals surface area contributed by atoms with E-state index in [2.05, 4.69) is 5.32 Å². The molecule has 29 heavy (non-hydrogen) atoms. The SMILES string of the molecule is COc1ccc(CC(=O)N(Cc2ccc(C)cc2)C(C)C(=O)NC(C)(C)C)cc1. The normalized spacial score (nSPS) is 12.2. The molecule has 0 heterocycles. The molecule has 0 aliphatic rings. The number of benzene rings is 2. The number of aryl methyl sites for hydroxylation is 1. The van der Waals surface area contributed by atoms with Crippen LogP contribution in [-0.4, -0.2) is 35.4 Å². The van der Waals surface area contributed by atoms with Crippen LogP contribution in [0.4, 0.5) is 0 Å². The van der Waals surface area contributed by atoms with Gasteiger partial charge in [0.2, 0.25) is 11.8 Å². The van der Waals surface area contributed by atoms with Gasteiger partial charge in [-0.3, -0.25) is 9.59 Å². The lowest BCUT2D eigenvalue weighted by Gasteiger charge is -2.31. The molecule has 0 spiro atoms. The van der Waals surface area contributed by atoms with E-state index in [-0.39, 0.29) is 23.8 Å². The summed E-state index contributed by atoms with van der Waals surface area (Å²) in [6, 6.07) is 14.9. The van der Waals surface area contributed by atoms with E-state index < -0.39 is 6.04 Å². The molecule has 0 saturated carbocycles. The van der Waals surface area contributed by atoms with Gasteiger partial charge >= 0.3 is 0 Å². The van der Waals surface area contributed by atoms with E-state index in [0.29, 0.717) is 6.54 Å². The summed E-state index contributed by atoms with van der Waals surface area (Å²) in [6.45, 7) is 9.98. The first-order valence-corrected chi connectivity index (χ1v) is 9.89. The van der Waals surface area contributed by atoms with Crippen molar-refractivity contribution in [2.24, 2.45) is 0 Å². The van der Waals surface area contributed by atoms with Crippen molar-refractivity contribution in [2.45, 2.75) is 59.2 Å². The van der Waals surface area contributed by atoms with E-state index in [9.17, 15) is 9.59 Å². The number of nitrogens with zero attached hydrogens (tertiary/aromatic N) is 1. The van der Waals surface area contributed by atoms with Crippen molar-refractivity contribution < 1.29 is 14.3 Å². The first-order chi connectivity index (χ1) is 13.6. The third-order valence-corrected chi connectivity index (χ3v) is 4.65. The van der Waals surface area contributed by atoms with E-state index in [4.69, 9.17) is 4.74 Å². The largest absolute Gasteiger partial charge is 0.497 e. The van der Waals surface area contributed by atoms with Gasteiger partial charge in [-0.2, -0.15) is 0 Å². The maximum absolute atomic E-state index is 13.2. The zero-order valence-electron chi connectivity index (χ0n) is 18.3. The Bertz CT molecular complexity index is 821. The van der Waals surface area contributed by atoms with Crippen molar-refractivity contribution in [1.29, 1.82) is 0 Å². The topological polar surface area (TPSA) is 58.6 Å². The van der Waals surface area contributed by atoms with Crippen molar-refractivity contribution in [3.8, 4) is 5.75 Å². The molecule has 2 rings (SSSR count). The number of ether oxygens (including phenoxy) is 1. The number of carbonyl (C=O) groups excluding carboxylic acids is 2. The van der Waals surface area contributed by atoms with Gasteiger partial charge in [0, 0.05) is 12.1 Å². The third-order valence-electron chi connectivity index (χ3n) is 4.65. The molecule has 0 aromatic heterocycles. The number of hydrogen-bond donors (Lipinski definition) is 1. The number of amides is 2. The Hall–Kier alpha value is -2.82. The van der Waals surface area contributed by atoms with Crippen LogP contribution in [0.3, 0.4) is 0 Å². The van der Waals surface area contributed by atoms with Gasteiger partial charge in [-0.25, -0.2) is 0 Å². The maximum Gasteiger partial charge on any atom is 0.242 e. The predicted molar refractivity (Wildman–Crippen MR) is 116 cm³/mol. The standard InChI is InChI=1S/C24H32N2O3/c1-17-7-9-20(10-8-17)16-26(18(2)23(28)25-24(3,4)5)22(27)15-19-11-13-21(29-6)14-12-19/h7-14,18H,15-16H2,1-6H3,(H,25,28). The van der Waals surface area contributed by atoms with Crippen LogP contribution in [-0.2, 0) is 22.6 Å². The first kappa shape index (κ1) is 22.5. The summed E-state index contributed by atoms with van der Waals surface area (Å²) in [4.78, 5) is 27.6. The molecule has 2 amide bonds. The zero-order chi connectivity index (χ0) is 21.6. The molecule has 0 fully saturated rings. The lowest BCUT2D eigenvalue weighted by atomic mass is 10.1. The highest BCUT2D eigenvalue weighted by Gasteiger charge is 2.28. The molecule has 0 saturated heterocycles. The minimum atomic E-state index is -0.582. The third kappa shape index (κ3) is 6.93. The Morgan fingerprint density at radius 2 is 1.55 bits per heavy atom. The number of hydrogen-bond acceptors (Lipinski definition) is 3. The van der Waals surface area contributed by atoms with Crippen LogP contribution in [0.1, 0.15) is 44.4 Å². The van der Waals surface area contributed by atoms with Crippen molar-refractivity contribution in [3.05, 3.63) is 65.2 Å². The molecule has 1 atom stereocenters. The molecule has 0 bridgehead atoms. The predicted octanol–water partition coefficient (Wildman–Crippen LogP) is 3.88. The fourth-order valence-corrected chi connectivity index (χ4v) is 2.97. The highest BCUT2D eigenvalue weighted by Crippen LogP contribution is 2.16. The summed E-state index contributed by atoms with van der Waals surface area (Å²) >= 11 is 0. The van der Waals surface area contributed by atoms with Crippen LogP contribution in [0.5, 0.6) is 5.75 Å². The number of carbonyl (C=O) groups is 2. The van der Waals surface area contributed by atoms with Crippen molar-refractivity contribution in [1.82, 2.24) is 10.2 Å². The van der Waals surface area contributed by atoms with Crippen LogP contribution < -0.4 is 10.1 Å². The Kier molecular flexibility index (Phi) is 7.43. The second kappa shape index (κ2) is 9.59. The van der Waals surface area contributed by atoms with Gasteiger partial charge in [-0.05, 0) is 57.9 Å². The van der Waals surface area contributed by atoms with Gasteiger partial charge in [0.05, 0.1) is 13.5 Å². The molecular weight excluding hydrogens is 364 g/mol. The Labute approximate surface area is 174 Å². The van der Waals surface area contributed by atoms with Crippen molar-refractivity contribution in [2.75, 3.05) is 7.11 Å². The lowest BCUT2D eigenvalue weighted by molar-refractivity contribution is -0.140. The lowest BCUT2D eigenvalue weighted by Crippen LogP contribution is -2.52. The Balaban J connectivity index is 2.22. The van der Waals surface area contributed by atoms with E-state index in [1.807, 2.05) is 76.2 Å². The summed E-state index contributed by atoms with van der Waals surface area (Å²) in [6.07, 6.45) is 0.225. The molecule has 2 aromatic rings. The summed E-state index contributed by atoms with van der Waals surface area (Å²) in [5, 5.41) is 2.98. The quantitative estimate of drug-likeness (QED) is 0.773. The summed E-state index contributed by atoms with van der Waals surface area (Å²) in [5.41, 5.74) is 2.67. The van der Waals surface area contributed by atoms with Gasteiger partial charge in [0.15, 0.2) is 0 Å². The second-order valence-corrected chi connectivity index (χ2v) is 8.45. The molecule has 1 unspecified atom stereocenters. The Morgan fingerprint density at radius 1 is 1.00 bits per heavy atom. The fraction of sp³-hybridized carbons (Fsp3) is 0.417. The minimum Gasteiger partial charge on any atom is -0.497 e. The van der Waals surface area contributed by atoms with Gasteiger partial charge in [0.1, 0.15) is 11.8 Å². The van der Waals surface area contributed by atoms with E-state index in [1.165, 1.54) is 0 Å². The molecule has 0 radical (unpaired) electrons. The molecule has 156 valence electrons. The van der Waals surface area contributed by atoms with Gasteiger partial charge in [-0.1, -0.05) is 42.0 Å². The summed E-state index contributed by atoms with van der Waals surface area (Å²) < 4.78 is 5.18. The summed E-state index contributed by atoms with van der Waals surface area (Å²) in [5.74, 6) is 0.496. The van der Waals surface area contributed by atoms with E-state index >= 15 is 0 Å². The number of nitrogens with one attached hydrogen (secondary N) is 1. The molecule has 0 aliphatic heterocycles. The molecule has 5 nitrogen and oxygen atoms in total. The average Bonchev–Trinajstić information content (AvgIpc) is 2.66. The molecule has 2 aromatic carbocycles. The highest BCUT2D eigenvalue weighted by atomic mass is 16.5. The van der Waals surface area contributed by atoms with Crippen LogP contribution >= 0.6 is 0 Å². The van der Waals surface area contributed by atoms with Crippen LogP contribution in [0, 0.1) is 6.92 Å². The molecule has 0 aliphatic carbocycles. The number of rotatable bonds is 7. The summed E-state index contributed by atoms with van der Waals surface area (Å²) in [7, 11) is 1.61. The monoisotopic (exact) mass is 396 g/mol. The van der Waals surface area contributed by atoms with Crippen LogP contribution in [0.25, 0.3) is 0 Å². The van der Waals surface area contributed by atoms with Gasteiger partial charge < -0.3 is 15.0 Å². The smallest absolute Gasteiger partial charge is 0.242 e. The van der Waals surface area contributed by atoms with Crippen molar-refractivity contribution in [3.63, 3.8) is 0 Å². The fourth-order valence-electron chi connectivity index (χ4n) is 2.97. The number of methoxy groups -OCH3 is 1. The van der Waals surface area contributed by atoms with Crippen LogP contribution in [0.15, 0.2) is 48.5 Å². The molecule has 1 N–H and O–H groups in total. The Morgan fingerprint density at radius 3 is 2.07 bits per heavy atom. The highest BCUT2D eigenvalue weighted by molar-refractivity contribution is 5.88. The second-order valence-electron chi connectivity index (χ2n) is 8.45. The zero-order valence-corrected chi connectivity index (χ0v) is 18.3.